The van der Waals surface area contributed by atoms with Crippen molar-refractivity contribution in [2.75, 3.05) is 0 Å². The average Bonchev–Trinajstić information content (AvgIpc) is 2.34. The molecule has 0 saturated carbocycles. The van der Waals surface area contributed by atoms with Crippen molar-refractivity contribution >= 4 is 5.97 Å². The molecule has 0 atom stereocenters. The van der Waals surface area contributed by atoms with Gasteiger partial charge in [-0.1, -0.05) is 6.07 Å². The molecule has 1 N–H and O–H groups in total. The van der Waals surface area contributed by atoms with E-state index >= 15 is 0 Å². The Balaban J connectivity index is 2.82. The molecule has 0 aliphatic carbocycles. The normalized spacial score (nSPS) is 10.5. The highest BCUT2D eigenvalue weighted by atomic mass is 19.1. The van der Waals surface area contributed by atoms with E-state index in [1.165, 1.54) is 13.0 Å². The van der Waals surface area contributed by atoms with E-state index in [1.807, 2.05) is 0 Å². The fraction of sp³-hybridized carbons (Fsp3) is 0.0714. The number of hydrogen-bond acceptors (Lipinski definition) is 1. The lowest BCUT2D eigenvalue weighted by Gasteiger charge is -2.10. The Hall–Kier alpha value is -2.30. The molecule has 0 aliphatic heterocycles. The lowest BCUT2D eigenvalue weighted by molar-refractivity contribution is 0.0697. The van der Waals surface area contributed by atoms with Crippen LogP contribution in [0.25, 0.3) is 11.1 Å². The van der Waals surface area contributed by atoms with E-state index in [9.17, 15) is 18.0 Å². The van der Waals surface area contributed by atoms with Crippen molar-refractivity contribution < 1.29 is 23.1 Å². The van der Waals surface area contributed by atoms with Gasteiger partial charge in [-0.05, 0) is 36.8 Å². The van der Waals surface area contributed by atoms with Gasteiger partial charge in [0.15, 0.2) is 0 Å². The van der Waals surface area contributed by atoms with Gasteiger partial charge in [0.2, 0.25) is 0 Å². The lowest BCUT2D eigenvalue weighted by Crippen LogP contribution is -2.03. The van der Waals surface area contributed by atoms with Crippen molar-refractivity contribution in [2.45, 2.75) is 6.92 Å². The van der Waals surface area contributed by atoms with Gasteiger partial charge in [0, 0.05) is 5.56 Å². The molecule has 2 nitrogen and oxygen atoms in total. The first kappa shape index (κ1) is 13.1. The van der Waals surface area contributed by atoms with E-state index in [0.29, 0.717) is 0 Å². The molecule has 0 aromatic heterocycles. The molecule has 2 rings (SSSR count). The summed E-state index contributed by atoms with van der Waals surface area (Å²) in [4.78, 5) is 11.0. The summed E-state index contributed by atoms with van der Waals surface area (Å²) < 4.78 is 40.9. The molecule has 0 radical (unpaired) electrons. The highest BCUT2D eigenvalue weighted by Crippen LogP contribution is 2.31. The SMILES string of the molecule is Cc1ccc(F)c(-c2cc(F)ccc2C(=O)O)c1F. The van der Waals surface area contributed by atoms with Gasteiger partial charge in [0.25, 0.3) is 0 Å². The molecule has 0 amide bonds. The third-order valence-electron chi connectivity index (χ3n) is 2.77. The van der Waals surface area contributed by atoms with Crippen LogP contribution in [0.2, 0.25) is 0 Å². The standard InChI is InChI=1S/C14H9F3O2/c1-7-2-5-11(16)12(13(7)17)10-6-8(15)3-4-9(10)14(18)19/h2-6H,1H3,(H,18,19). The number of halogens is 3. The van der Waals surface area contributed by atoms with E-state index < -0.39 is 29.0 Å². The number of carboxylic acids is 1. The summed E-state index contributed by atoms with van der Waals surface area (Å²) in [5.41, 5.74) is -1.05. The highest BCUT2D eigenvalue weighted by Gasteiger charge is 2.20. The number of benzene rings is 2. The third kappa shape index (κ3) is 2.31. The first-order valence-corrected chi connectivity index (χ1v) is 5.39. The number of aryl methyl sites for hydroxylation is 1. The minimum absolute atomic E-state index is 0.150. The summed E-state index contributed by atoms with van der Waals surface area (Å²) in [7, 11) is 0. The fourth-order valence-corrected chi connectivity index (χ4v) is 1.81. The van der Waals surface area contributed by atoms with E-state index in [1.54, 1.807) is 0 Å². The fourth-order valence-electron chi connectivity index (χ4n) is 1.81. The first-order chi connectivity index (χ1) is 8.91. The van der Waals surface area contributed by atoms with E-state index in [4.69, 9.17) is 5.11 Å². The second kappa shape index (κ2) is 4.76. The lowest BCUT2D eigenvalue weighted by atomic mass is 9.97. The Morgan fingerprint density at radius 2 is 1.79 bits per heavy atom. The van der Waals surface area contributed by atoms with Gasteiger partial charge < -0.3 is 5.11 Å². The third-order valence-corrected chi connectivity index (χ3v) is 2.77. The Morgan fingerprint density at radius 3 is 2.42 bits per heavy atom. The van der Waals surface area contributed by atoms with Crippen molar-refractivity contribution in [3.8, 4) is 11.1 Å². The molecule has 0 spiro atoms. The summed E-state index contributed by atoms with van der Waals surface area (Å²) in [6.45, 7) is 1.41. The minimum Gasteiger partial charge on any atom is -0.478 e. The van der Waals surface area contributed by atoms with Gasteiger partial charge >= 0.3 is 5.97 Å². The maximum atomic E-state index is 14.0. The van der Waals surface area contributed by atoms with Crippen LogP contribution in [-0.4, -0.2) is 11.1 Å². The van der Waals surface area contributed by atoms with Crippen molar-refractivity contribution in [2.24, 2.45) is 0 Å². The second-order valence-electron chi connectivity index (χ2n) is 4.05. The largest absolute Gasteiger partial charge is 0.478 e. The van der Waals surface area contributed by atoms with E-state index in [2.05, 4.69) is 0 Å². The van der Waals surface area contributed by atoms with Gasteiger partial charge in [-0.15, -0.1) is 0 Å². The number of hydrogen-bond donors (Lipinski definition) is 1. The summed E-state index contributed by atoms with van der Waals surface area (Å²) >= 11 is 0. The predicted molar refractivity (Wildman–Crippen MR) is 63.4 cm³/mol. The Labute approximate surface area is 107 Å². The number of carbonyl (C=O) groups is 1. The summed E-state index contributed by atoms with van der Waals surface area (Å²) in [6, 6.07) is 4.97. The van der Waals surface area contributed by atoms with Crippen LogP contribution < -0.4 is 0 Å². The monoisotopic (exact) mass is 266 g/mol. The topological polar surface area (TPSA) is 37.3 Å². The van der Waals surface area contributed by atoms with Gasteiger partial charge in [-0.25, -0.2) is 18.0 Å². The molecule has 5 heteroatoms. The smallest absolute Gasteiger partial charge is 0.336 e. The van der Waals surface area contributed by atoms with Crippen molar-refractivity contribution in [3.63, 3.8) is 0 Å². The van der Waals surface area contributed by atoms with Gasteiger partial charge in [0.1, 0.15) is 17.5 Å². The maximum absolute atomic E-state index is 14.0. The number of carboxylic acid groups (broad SMARTS) is 1. The van der Waals surface area contributed by atoms with Crippen LogP contribution in [0.5, 0.6) is 0 Å². The van der Waals surface area contributed by atoms with Gasteiger partial charge in [-0.2, -0.15) is 0 Å². The van der Waals surface area contributed by atoms with Gasteiger partial charge in [-0.3, -0.25) is 0 Å². The van der Waals surface area contributed by atoms with Crippen LogP contribution in [0.4, 0.5) is 13.2 Å². The van der Waals surface area contributed by atoms with Crippen LogP contribution in [-0.2, 0) is 0 Å². The Morgan fingerprint density at radius 1 is 1.11 bits per heavy atom. The zero-order valence-corrected chi connectivity index (χ0v) is 9.88. The van der Waals surface area contributed by atoms with Crippen LogP contribution in [0.3, 0.4) is 0 Å². The van der Waals surface area contributed by atoms with Crippen molar-refractivity contribution in [1.82, 2.24) is 0 Å². The van der Waals surface area contributed by atoms with Crippen molar-refractivity contribution in [1.29, 1.82) is 0 Å². The summed E-state index contributed by atoms with van der Waals surface area (Å²) in [5.74, 6) is -3.97. The van der Waals surface area contributed by atoms with Crippen LogP contribution >= 0.6 is 0 Å². The molecule has 0 fully saturated rings. The Bertz CT molecular complexity index is 666. The molecule has 0 heterocycles. The molecule has 0 bridgehead atoms. The first-order valence-electron chi connectivity index (χ1n) is 5.39. The number of aromatic carboxylic acids is 1. The van der Waals surface area contributed by atoms with Crippen molar-refractivity contribution in [3.05, 3.63) is 58.9 Å². The van der Waals surface area contributed by atoms with Crippen LogP contribution in [0.15, 0.2) is 30.3 Å². The van der Waals surface area contributed by atoms with E-state index in [-0.39, 0.29) is 16.7 Å². The summed E-state index contributed by atoms with van der Waals surface area (Å²) in [6.07, 6.45) is 0. The van der Waals surface area contributed by atoms with Gasteiger partial charge in [0.05, 0.1) is 11.1 Å². The zero-order valence-electron chi connectivity index (χ0n) is 9.88. The molecule has 0 saturated heterocycles. The number of rotatable bonds is 2. The molecular formula is C14H9F3O2. The van der Waals surface area contributed by atoms with E-state index in [0.717, 1.165) is 24.3 Å². The average molecular weight is 266 g/mol. The Kier molecular flexibility index (Phi) is 3.29. The predicted octanol–water partition coefficient (Wildman–Crippen LogP) is 3.78. The quantitative estimate of drug-likeness (QED) is 0.898. The molecule has 2 aromatic carbocycles. The molecule has 0 unspecified atom stereocenters. The molecule has 0 aliphatic rings. The van der Waals surface area contributed by atoms with Crippen LogP contribution in [0.1, 0.15) is 15.9 Å². The minimum atomic E-state index is -1.38. The highest BCUT2D eigenvalue weighted by molar-refractivity contribution is 5.96. The maximum Gasteiger partial charge on any atom is 0.336 e. The molecular weight excluding hydrogens is 257 g/mol. The van der Waals surface area contributed by atoms with Crippen LogP contribution in [0, 0.1) is 24.4 Å². The molecule has 19 heavy (non-hydrogen) atoms. The molecule has 98 valence electrons. The second-order valence-corrected chi connectivity index (χ2v) is 4.05. The molecule has 2 aromatic rings. The zero-order chi connectivity index (χ0) is 14.2. The summed E-state index contributed by atoms with van der Waals surface area (Å²) in [5, 5.41) is 9.00.